The lowest BCUT2D eigenvalue weighted by Crippen LogP contribution is -2.50. The van der Waals surface area contributed by atoms with E-state index in [4.69, 9.17) is 4.74 Å². The smallest absolute Gasteiger partial charge is 0.241 e. The Hall–Kier alpha value is -2.71. The number of aromatic nitrogens is 2. The van der Waals surface area contributed by atoms with Gasteiger partial charge in [0.05, 0.1) is 25.3 Å². The molecule has 0 bridgehead atoms. The highest BCUT2D eigenvalue weighted by molar-refractivity contribution is 5.82. The van der Waals surface area contributed by atoms with Crippen molar-refractivity contribution in [3.05, 3.63) is 48.3 Å². The molecular weight excluding hydrogens is 380 g/mol. The number of amides is 1. The number of rotatable bonds is 4. The van der Waals surface area contributed by atoms with E-state index in [1.165, 1.54) is 5.56 Å². The molecule has 3 fully saturated rings. The second-order valence-electron chi connectivity index (χ2n) is 8.31. The van der Waals surface area contributed by atoms with Crippen molar-refractivity contribution in [3.63, 3.8) is 0 Å². The van der Waals surface area contributed by atoms with E-state index in [9.17, 15) is 4.79 Å². The summed E-state index contributed by atoms with van der Waals surface area (Å²) in [6.07, 6.45) is 1.80. The third kappa shape index (κ3) is 3.85. The van der Waals surface area contributed by atoms with Gasteiger partial charge in [-0.3, -0.25) is 9.69 Å². The van der Waals surface area contributed by atoms with E-state index in [0.717, 1.165) is 51.0 Å². The Bertz CT molecular complexity index is 894. The number of benzene rings is 1. The Morgan fingerprint density at radius 3 is 2.63 bits per heavy atom. The number of fused-ring (bicyclic) bond motifs is 1. The van der Waals surface area contributed by atoms with Gasteiger partial charge in [-0.25, -0.2) is 9.97 Å². The molecule has 30 heavy (non-hydrogen) atoms. The molecule has 3 saturated heterocycles. The van der Waals surface area contributed by atoms with Gasteiger partial charge in [-0.05, 0) is 5.56 Å². The zero-order chi connectivity index (χ0) is 20.5. The van der Waals surface area contributed by atoms with E-state index in [1.807, 2.05) is 18.0 Å². The highest BCUT2D eigenvalue weighted by Crippen LogP contribution is 2.29. The molecule has 2 unspecified atom stereocenters. The average molecular weight is 409 g/mol. The number of nitrogens with zero attached hydrogens (tertiary/aromatic N) is 6. The van der Waals surface area contributed by atoms with Crippen molar-refractivity contribution in [3.8, 4) is 0 Å². The first-order valence-electron chi connectivity index (χ1n) is 10.6. The zero-order valence-corrected chi connectivity index (χ0v) is 17.4. The molecule has 3 aliphatic rings. The predicted molar refractivity (Wildman–Crippen MR) is 114 cm³/mol. The topological polar surface area (TPSA) is 65.0 Å². The third-order valence-electron chi connectivity index (χ3n) is 6.39. The SMILES string of the molecule is CN1CCN(c2cc(N3CC4OCCN(Cc5ccccc5)C4C3)ncn2)CC1=O. The van der Waals surface area contributed by atoms with Crippen LogP contribution in [0, 0.1) is 0 Å². The van der Waals surface area contributed by atoms with Gasteiger partial charge >= 0.3 is 0 Å². The van der Waals surface area contributed by atoms with Gasteiger partial charge in [0.1, 0.15) is 18.0 Å². The minimum Gasteiger partial charge on any atom is -0.373 e. The first-order chi connectivity index (χ1) is 14.7. The quantitative estimate of drug-likeness (QED) is 0.743. The van der Waals surface area contributed by atoms with Crippen LogP contribution in [0.4, 0.5) is 11.6 Å². The van der Waals surface area contributed by atoms with E-state index in [1.54, 1.807) is 11.2 Å². The Balaban J connectivity index is 1.30. The zero-order valence-electron chi connectivity index (χ0n) is 17.4. The number of anilines is 2. The molecule has 0 saturated carbocycles. The highest BCUT2D eigenvalue weighted by atomic mass is 16.5. The van der Waals surface area contributed by atoms with Crippen molar-refractivity contribution in [2.75, 3.05) is 62.7 Å². The molecule has 0 radical (unpaired) electrons. The largest absolute Gasteiger partial charge is 0.373 e. The van der Waals surface area contributed by atoms with Gasteiger partial charge in [-0.15, -0.1) is 0 Å². The molecule has 8 heteroatoms. The van der Waals surface area contributed by atoms with Gasteiger partial charge in [0, 0.05) is 52.4 Å². The van der Waals surface area contributed by atoms with Crippen LogP contribution in [0.15, 0.2) is 42.7 Å². The maximum absolute atomic E-state index is 12.1. The summed E-state index contributed by atoms with van der Waals surface area (Å²) in [6, 6.07) is 13.0. The summed E-state index contributed by atoms with van der Waals surface area (Å²) in [7, 11) is 1.85. The van der Waals surface area contributed by atoms with Gasteiger partial charge in [-0.1, -0.05) is 30.3 Å². The van der Waals surface area contributed by atoms with Crippen LogP contribution in [0.1, 0.15) is 5.56 Å². The van der Waals surface area contributed by atoms with Crippen LogP contribution in [0.25, 0.3) is 0 Å². The molecule has 2 aromatic rings. The molecular formula is C22H28N6O2. The molecule has 0 spiro atoms. The molecule has 8 nitrogen and oxygen atoms in total. The number of likely N-dealkylation sites (N-methyl/N-ethyl adjacent to an activating group) is 1. The standard InChI is InChI=1S/C22H28N6O2/c1-25-7-8-27(15-22(25)29)20-11-21(24-16-23-20)28-13-18-19(14-28)30-10-9-26(18)12-17-5-3-2-4-6-17/h2-6,11,16,18-19H,7-10,12-15H2,1H3. The summed E-state index contributed by atoms with van der Waals surface area (Å²) in [5.41, 5.74) is 1.33. The molecule has 0 aliphatic carbocycles. The lowest BCUT2D eigenvalue weighted by atomic mass is 10.1. The van der Waals surface area contributed by atoms with Gasteiger partial charge in [0.2, 0.25) is 5.91 Å². The summed E-state index contributed by atoms with van der Waals surface area (Å²) in [4.78, 5) is 29.7. The molecule has 1 aromatic heterocycles. The number of hydrogen-bond acceptors (Lipinski definition) is 7. The molecule has 1 amide bonds. The van der Waals surface area contributed by atoms with E-state index >= 15 is 0 Å². The molecule has 1 aromatic carbocycles. The van der Waals surface area contributed by atoms with Crippen molar-refractivity contribution in [2.24, 2.45) is 0 Å². The summed E-state index contributed by atoms with van der Waals surface area (Å²) in [5, 5.41) is 0. The lowest BCUT2D eigenvalue weighted by molar-refractivity contribution is -0.129. The maximum atomic E-state index is 12.1. The van der Waals surface area contributed by atoms with E-state index in [-0.39, 0.29) is 12.0 Å². The number of morpholine rings is 1. The molecule has 4 heterocycles. The van der Waals surface area contributed by atoms with E-state index in [0.29, 0.717) is 19.1 Å². The van der Waals surface area contributed by atoms with Gasteiger partial charge in [0.25, 0.3) is 0 Å². The lowest BCUT2D eigenvalue weighted by Gasteiger charge is -2.36. The Kier molecular flexibility index (Phi) is 5.26. The fourth-order valence-electron chi connectivity index (χ4n) is 4.60. The Labute approximate surface area is 177 Å². The van der Waals surface area contributed by atoms with Crippen molar-refractivity contribution in [2.45, 2.75) is 18.7 Å². The minimum absolute atomic E-state index is 0.124. The summed E-state index contributed by atoms with van der Waals surface area (Å²) < 4.78 is 6.11. The summed E-state index contributed by atoms with van der Waals surface area (Å²) >= 11 is 0. The van der Waals surface area contributed by atoms with Crippen molar-refractivity contribution in [1.82, 2.24) is 19.8 Å². The van der Waals surface area contributed by atoms with Crippen molar-refractivity contribution >= 4 is 17.5 Å². The molecule has 2 atom stereocenters. The van der Waals surface area contributed by atoms with E-state index < -0.39 is 0 Å². The normalized spacial score (nSPS) is 25.0. The van der Waals surface area contributed by atoms with Gasteiger partial charge < -0.3 is 19.4 Å². The number of hydrogen-bond donors (Lipinski definition) is 0. The van der Waals surface area contributed by atoms with Crippen LogP contribution in [-0.4, -0.2) is 90.7 Å². The first kappa shape index (κ1) is 19.3. The second-order valence-corrected chi connectivity index (χ2v) is 8.31. The number of piperazine rings is 1. The molecule has 5 rings (SSSR count). The fourth-order valence-corrected chi connectivity index (χ4v) is 4.60. The van der Waals surface area contributed by atoms with Crippen molar-refractivity contribution < 1.29 is 9.53 Å². The van der Waals surface area contributed by atoms with Crippen LogP contribution in [0.3, 0.4) is 0 Å². The van der Waals surface area contributed by atoms with Crippen LogP contribution in [0.2, 0.25) is 0 Å². The highest BCUT2D eigenvalue weighted by Gasteiger charge is 2.40. The third-order valence-corrected chi connectivity index (χ3v) is 6.39. The first-order valence-corrected chi connectivity index (χ1v) is 10.6. The molecule has 0 N–H and O–H groups in total. The average Bonchev–Trinajstić information content (AvgIpc) is 3.22. The Morgan fingerprint density at radius 2 is 1.83 bits per heavy atom. The summed E-state index contributed by atoms with van der Waals surface area (Å²) in [5.74, 6) is 1.85. The maximum Gasteiger partial charge on any atom is 0.241 e. The monoisotopic (exact) mass is 408 g/mol. The summed E-state index contributed by atoms with van der Waals surface area (Å²) in [6.45, 7) is 6.24. The number of carbonyl (C=O) groups excluding carboxylic acids is 1. The number of ether oxygens (including phenoxy) is 1. The number of carbonyl (C=O) groups is 1. The fraction of sp³-hybridized carbons (Fsp3) is 0.500. The predicted octanol–water partition coefficient (Wildman–Crippen LogP) is 0.845. The van der Waals surface area contributed by atoms with Crippen molar-refractivity contribution in [1.29, 1.82) is 0 Å². The molecule has 3 aliphatic heterocycles. The van der Waals surface area contributed by atoms with Gasteiger partial charge in [0.15, 0.2) is 0 Å². The minimum atomic E-state index is 0.124. The Morgan fingerprint density at radius 1 is 1.03 bits per heavy atom. The van der Waals surface area contributed by atoms with Crippen LogP contribution < -0.4 is 9.80 Å². The second kappa shape index (κ2) is 8.20. The van der Waals surface area contributed by atoms with E-state index in [2.05, 4.69) is 50.1 Å². The molecule has 158 valence electrons. The van der Waals surface area contributed by atoms with Crippen LogP contribution >= 0.6 is 0 Å². The van der Waals surface area contributed by atoms with Crippen LogP contribution in [0.5, 0.6) is 0 Å². The van der Waals surface area contributed by atoms with Crippen LogP contribution in [-0.2, 0) is 16.1 Å². The van der Waals surface area contributed by atoms with Gasteiger partial charge in [-0.2, -0.15) is 0 Å².